The summed E-state index contributed by atoms with van der Waals surface area (Å²) < 4.78 is 1.04. The third kappa shape index (κ3) is 1.56. The summed E-state index contributed by atoms with van der Waals surface area (Å²) in [5.41, 5.74) is 0.360. The van der Waals surface area contributed by atoms with E-state index >= 15 is 0 Å². The van der Waals surface area contributed by atoms with Crippen LogP contribution in [0, 0.1) is 5.41 Å². The summed E-state index contributed by atoms with van der Waals surface area (Å²) >= 11 is 1.60. The largest absolute Gasteiger partial charge is 0.354 e. The molecule has 20 heavy (non-hydrogen) atoms. The zero-order chi connectivity index (χ0) is 13.7. The maximum absolute atomic E-state index is 12.0. The SMILES string of the molecule is O=C1CC2(CCN(c3ncnc4ccsc34)C2)C(=O)N1. The zero-order valence-corrected chi connectivity index (χ0v) is 11.4. The van der Waals surface area contributed by atoms with Crippen LogP contribution in [0.4, 0.5) is 5.82 Å². The van der Waals surface area contributed by atoms with E-state index in [0.29, 0.717) is 19.4 Å². The minimum absolute atomic E-state index is 0.138. The first kappa shape index (κ1) is 11.8. The maximum atomic E-state index is 12.0. The Kier molecular flexibility index (Phi) is 2.35. The van der Waals surface area contributed by atoms with Gasteiger partial charge in [-0.25, -0.2) is 9.97 Å². The Hall–Kier alpha value is -2.02. The molecule has 6 nitrogen and oxygen atoms in total. The highest BCUT2D eigenvalue weighted by Crippen LogP contribution is 2.40. The lowest BCUT2D eigenvalue weighted by Gasteiger charge is -2.21. The summed E-state index contributed by atoms with van der Waals surface area (Å²) in [6.45, 7) is 1.29. The lowest BCUT2D eigenvalue weighted by Crippen LogP contribution is -2.34. The fourth-order valence-electron chi connectivity index (χ4n) is 3.07. The van der Waals surface area contributed by atoms with Crippen molar-refractivity contribution in [2.45, 2.75) is 12.8 Å². The average molecular weight is 288 g/mol. The lowest BCUT2D eigenvalue weighted by molar-refractivity contribution is -0.127. The quantitative estimate of drug-likeness (QED) is 0.790. The summed E-state index contributed by atoms with van der Waals surface area (Å²) in [5, 5.41) is 4.41. The maximum Gasteiger partial charge on any atom is 0.235 e. The molecule has 0 saturated carbocycles. The van der Waals surface area contributed by atoms with Gasteiger partial charge in [-0.3, -0.25) is 14.9 Å². The number of amides is 2. The van der Waals surface area contributed by atoms with E-state index in [1.54, 1.807) is 17.7 Å². The molecule has 0 aliphatic carbocycles. The Bertz CT molecular complexity index is 728. The summed E-state index contributed by atoms with van der Waals surface area (Å²) in [7, 11) is 0. The molecule has 7 heteroatoms. The van der Waals surface area contributed by atoms with Crippen LogP contribution in [-0.4, -0.2) is 34.9 Å². The highest BCUT2D eigenvalue weighted by atomic mass is 32.1. The summed E-state index contributed by atoms with van der Waals surface area (Å²) in [5.74, 6) is 0.566. The van der Waals surface area contributed by atoms with Crippen molar-refractivity contribution in [1.82, 2.24) is 15.3 Å². The lowest BCUT2D eigenvalue weighted by atomic mass is 9.85. The van der Waals surface area contributed by atoms with Gasteiger partial charge in [-0.1, -0.05) is 0 Å². The normalized spacial score (nSPS) is 25.9. The minimum atomic E-state index is -0.564. The van der Waals surface area contributed by atoms with Gasteiger partial charge in [0.05, 0.1) is 15.6 Å². The Balaban J connectivity index is 1.70. The van der Waals surface area contributed by atoms with Gasteiger partial charge in [0.1, 0.15) is 12.1 Å². The molecule has 2 saturated heterocycles. The summed E-state index contributed by atoms with van der Waals surface area (Å²) in [4.78, 5) is 34.2. The van der Waals surface area contributed by atoms with Crippen LogP contribution in [0.1, 0.15) is 12.8 Å². The van der Waals surface area contributed by atoms with E-state index in [2.05, 4.69) is 20.2 Å². The Morgan fingerprint density at radius 1 is 1.35 bits per heavy atom. The first-order chi connectivity index (χ1) is 9.68. The predicted molar refractivity (Wildman–Crippen MR) is 74.4 cm³/mol. The third-order valence-corrected chi connectivity index (χ3v) is 5.01. The number of fused-ring (bicyclic) bond motifs is 1. The van der Waals surface area contributed by atoms with Gasteiger partial charge in [0.2, 0.25) is 11.8 Å². The molecule has 2 aromatic rings. The van der Waals surface area contributed by atoms with E-state index in [1.807, 2.05) is 11.4 Å². The van der Waals surface area contributed by atoms with E-state index in [1.165, 1.54) is 0 Å². The second-order valence-electron chi connectivity index (χ2n) is 5.34. The van der Waals surface area contributed by atoms with E-state index < -0.39 is 5.41 Å². The molecular formula is C13H12N4O2S. The molecule has 1 unspecified atom stereocenters. The fourth-order valence-corrected chi connectivity index (χ4v) is 3.94. The van der Waals surface area contributed by atoms with Gasteiger partial charge >= 0.3 is 0 Å². The van der Waals surface area contributed by atoms with Gasteiger partial charge in [0.15, 0.2) is 0 Å². The van der Waals surface area contributed by atoms with Crippen molar-refractivity contribution < 1.29 is 9.59 Å². The predicted octanol–water partition coefficient (Wildman–Crippen LogP) is 0.934. The second-order valence-corrected chi connectivity index (χ2v) is 6.25. The van der Waals surface area contributed by atoms with Crippen molar-refractivity contribution >= 4 is 39.2 Å². The molecule has 0 bridgehead atoms. The van der Waals surface area contributed by atoms with Gasteiger partial charge in [0, 0.05) is 19.5 Å². The van der Waals surface area contributed by atoms with Gasteiger partial charge in [-0.05, 0) is 17.9 Å². The number of thiophene rings is 1. The number of imide groups is 1. The number of carbonyl (C=O) groups is 2. The average Bonchev–Trinajstić information content (AvgIpc) is 3.10. The monoisotopic (exact) mass is 288 g/mol. The number of aromatic nitrogens is 2. The van der Waals surface area contributed by atoms with Crippen LogP contribution in [-0.2, 0) is 9.59 Å². The molecule has 2 amide bonds. The third-order valence-electron chi connectivity index (χ3n) is 4.11. The van der Waals surface area contributed by atoms with Crippen molar-refractivity contribution in [2.24, 2.45) is 5.41 Å². The van der Waals surface area contributed by atoms with Crippen molar-refractivity contribution in [3.8, 4) is 0 Å². The first-order valence-electron chi connectivity index (χ1n) is 6.45. The number of rotatable bonds is 1. The molecule has 0 aromatic carbocycles. The number of carbonyl (C=O) groups excluding carboxylic acids is 2. The second kappa shape index (κ2) is 3.99. The molecule has 2 aromatic heterocycles. The number of hydrogen-bond acceptors (Lipinski definition) is 6. The topological polar surface area (TPSA) is 75.2 Å². The molecule has 2 fully saturated rings. The standard InChI is InChI=1S/C13H12N4O2S/c18-9-5-13(12(19)16-9)2-3-17(6-13)11-10-8(1-4-20-10)14-7-15-11/h1,4,7H,2-3,5-6H2,(H,16,18,19). The Morgan fingerprint density at radius 2 is 2.25 bits per heavy atom. The molecule has 2 aliphatic rings. The van der Waals surface area contributed by atoms with Crippen LogP contribution in [0.25, 0.3) is 10.2 Å². The molecule has 1 atom stereocenters. The molecule has 0 radical (unpaired) electrons. The van der Waals surface area contributed by atoms with Crippen molar-refractivity contribution in [2.75, 3.05) is 18.0 Å². The molecule has 2 aliphatic heterocycles. The Labute approximate surface area is 118 Å². The van der Waals surface area contributed by atoms with Gasteiger partial charge in [-0.2, -0.15) is 0 Å². The van der Waals surface area contributed by atoms with Gasteiger partial charge < -0.3 is 4.90 Å². The number of hydrogen-bond donors (Lipinski definition) is 1. The van der Waals surface area contributed by atoms with Crippen LogP contribution in [0.3, 0.4) is 0 Å². The van der Waals surface area contributed by atoms with Crippen LogP contribution in [0.15, 0.2) is 17.8 Å². The highest BCUT2D eigenvalue weighted by molar-refractivity contribution is 7.17. The number of anilines is 1. The Morgan fingerprint density at radius 3 is 3.05 bits per heavy atom. The van der Waals surface area contributed by atoms with Crippen LogP contribution < -0.4 is 10.2 Å². The molecule has 1 N–H and O–H groups in total. The molecular weight excluding hydrogens is 276 g/mol. The van der Waals surface area contributed by atoms with E-state index in [0.717, 1.165) is 22.6 Å². The zero-order valence-electron chi connectivity index (χ0n) is 10.6. The van der Waals surface area contributed by atoms with Crippen LogP contribution in [0.2, 0.25) is 0 Å². The summed E-state index contributed by atoms with van der Waals surface area (Å²) in [6.07, 6.45) is 2.54. The number of nitrogens with one attached hydrogen (secondary N) is 1. The van der Waals surface area contributed by atoms with Gasteiger partial charge in [-0.15, -0.1) is 11.3 Å². The first-order valence-corrected chi connectivity index (χ1v) is 7.33. The smallest absolute Gasteiger partial charge is 0.235 e. The molecule has 1 spiro atoms. The van der Waals surface area contributed by atoms with E-state index in [-0.39, 0.29) is 11.8 Å². The van der Waals surface area contributed by atoms with Crippen molar-refractivity contribution in [1.29, 1.82) is 0 Å². The fraction of sp³-hybridized carbons (Fsp3) is 0.385. The molecule has 4 heterocycles. The van der Waals surface area contributed by atoms with Gasteiger partial charge in [0.25, 0.3) is 0 Å². The van der Waals surface area contributed by atoms with Crippen LogP contribution in [0.5, 0.6) is 0 Å². The van der Waals surface area contributed by atoms with E-state index in [9.17, 15) is 9.59 Å². The molecule has 4 rings (SSSR count). The van der Waals surface area contributed by atoms with Crippen LogP contribution >= 0.6 is 11.3 Å². The van der Waals surface area contributed by atoms with Crippen molar-refractivity contribution in [3.05, 3.63) is 17.8 Å². The highest BCUT2D eigenvalue weighted by Gasteiger charge is 2.51. The molecule has 102 valence electrons. The minimum Gasteiger partial charge on any atom is -0.354 e. The summed E-state index contributed by atoms with van der Waals surface area (Å²) in [6, 6.07) is 1.96. The number of nitrogens with zero attached hydrogens (tertiary/aromatic N) is 3. The van der Waals surface area contributed by atoms with E-state index in [4.69, 9.17) is 0 Å². The van der Waals surface area contributed by atoms with Crippen molar-refractivity contribution in [3.63, 3.8) is 0 Å².